The first-order valence-corrected chi connectivity index (χ1v) is 22.2. The molecule has 1 N–H and O–H groups in total. The van der Waals surface area contributed by atoms with Crippen molar-refractivity contribution in [3.8, 4) is 11.6 Å². The highest BCUT2D eigenvalue weighted by molar-refractivity contribution is 8.32. The van der Waals surface area contributed by atoms with Gasteiger partial charge < -0.3 is 29.0 Å². The molecule has 0 aliphatic carbocycles. The Hall–Kier alpha value is -4.28. The van der Waals surface area contributed by atoms with Crippen molar-refractivity contribution in [2.45, 2.75) is 75.5 Å². The molecule has 5 rings (SSSR count). The van der Waals surface area contributed by atoms with Crippen molar-refractivity contribution in [2.75, 3.05) is 44.2 Å². The molecule has 0 bridgehead atoms. The minimum Gasteiger partial charge on any atom is -0.444 e. The van der Waals surface area contributed by atoms with Crippen LogP contribution in [-0.4, -0.2) is 101 Å². The van der Waals surface area contributed by atoms with Gasteiger partial charge in [0.2, 0.25) is 17.5 Å². The molecule has 1 fully saturated rings. The molecule has 294 valence electrons. The monoisotopic (exact) mass is 789 g/mol. The van der Waals surface area contributed by atoms with E-state index in [-0.39, 0.29) is 55.4 Å². The molecule has 16 heteroatoms. The number of piperidine rings is 1. The fourth-order valence-corrected chi connectivity index (χ4v) is 8.52. The summed E-state index contributed by atoms with van der Waals surface area (Å²) in [4.78, 5) is 36.9. The molecular weight excluding hydrogens is 741 g/mol. The van der Waals surface area contributed by atoms with Crippen LogP contribution < -0.4 is 10.1 Å². The van der Waals surface area contributed by atoms with Gasteiger partial charge in [-0.15, -0.1) is 0 Å². The number of likely N-dealkylation sites (tertiary alicyclic amines) is 1. The zero-order valence-corrected chi connectivity index (χ0v) is 33.4. The van der Waals surface area contributed by atoms with Crippen LogP contribution in [0.15, 0.2) is 59.9 Å². The number of hydrogen-bond acceptors (Lipinski definition) is 9. The molecule has 3 heterocycles. The van der Waals surface area contributed by atoms with Crippen molar-refractivity contribution < 1.29 is 41.0 Å². The number of fused-ring (bicyclic) bond motifs is 1. The topological polar surface area (TPSA) is 142 Å². The second-order valence-corrected chi connectivity index (χ2v) is 22.1. The Morgan fingerprint density at radius 1 is 1.02 bits per heavy atom. The van der Waals surface area contributed by atoms with Crippen LogP contribution in [0.4, 0.5) is 13.6 Å². The van der Waals surface area contributed by atoms with Crippen molar-refractivity contribution in [2.24, 2.45) is 0 Å². The number of amides is 2. The molecule has 4 aromatic rings. The number of ether oxygens (including phenoxy) is 3. The molecule has 0 radical (unpaired) electrons. The fraction of sp³-hybridized carbons (Fsp3) is 0.474. The predicted octanol–water partition coefficient (Wildman–Crippen LogP) is 6.38. The van der Waals surface area contributed by atoms with Crippen LogP contribution in [0.1, 0.15) is 44.7 Å². The first-order valence-electron chi connectivity index (χ1n) is 17.6. The van der Waals surface area contributed by atoms with Gasteiger partial charge in [-0.1, -0.05) is 18.2 Å². The number of hydrogen-bond donors (Lipinski definition) is 1. The summed E-state index contributed by atoms with van der Waals surface area (Å²) in [5, 5.41) is 2.34. The minimum absolute atomic E-state index is 0.0433. The summed E-state index contributed by atoms with van der Waals surface area (Å²) < 4.78 is 76.6. The standard InChI is InChI=1S/C38H49F2N5O7S2/c1-25-22-45(24-50-17-18-53(5,6)7)34-32(25)35(42-23-41-34)51-33-29(39)19-26(20-30(33)40)21-31(43-37(47)52-38(2,3)4)36(46)44-15-13-28(14-16-44)54(48,49)27-11-9-8-10-12-27/h8-12,19-20,22-23,28,31H,13-18,21,24H2,1-7H3,(H,43,47)/t31-/m0/s1. The molecule has 1 atom stereocenters. The number of rotatable bonds is 13. The summed E-state index contributed by atoms with van der Waals surface area (Å²) in [6.45, 7) is 7.82. The first-order chi connectivity index (χ1) is 25.3. The van der Waals surface area contributed by atoms with Crippen LogP contribution in [0.3, 0.4) is 0 Å². The largest absolute Gasteiger partial charge is 0.444 e. The lowest BCUT2D eigenvalue weighted by molar-refractivity contribution is -0.134. The highest BCUT2D eigenvalue weighted by Gasteiger charge is 2.36. The average Bonchev–Trinajstić information content (AvgIpc) is 3.42. The van der Waals surface area contributed by atoms with Gasteiger partial charge in [0.15, 0.2) is 21.5 Å². The number of benzene rings is 2. The molecule has 1 aliphatic rings. The number of alkyl carbamates (subject to hydrolysis) is 1. The Morgan fingerprint density at radius 2 is 1.67 bits per heavy atom. The zero-order valence-electron chi connectivity index (χ0n) is 31.7. The Labute approximate surface area is 316 Å². The molecule has 1 saturated heterocycles. The van der Waals surface area contributed by atoms with Gasteiger partial charge in [0, 0.05) is 31.5 Å². The van der Waals surface area contributed by atoms with E-state index in [9.17, 15) is 18.0 Å². The average molecular weight is 790 g/mol. The number of carbonyl (C=O) groups is 2. The Bertz CT molecular complexity index is 2050. The maximum atomic E-state index is 15.7. The van der Waals surface area contributed by atoms with Gasteiger partial charge in [-0.05, 0) is 94.7 Å². The van der Waals surface area contributed by atoms with Crippen LogP contribution in [0.2, 0.25) is 0 Å². The van der Waals surface area contributed by atoms with Crippen LogP contribution in [0.5, 0.6) is 11.6 Å². The van der Waals surface area contributed by atoms with Crippen LogP contribution >= 0.6 is 10.0 Å². The number of sulfone groups is 1. The second kappa shape index (κ2) is 16.6. The molecule has 0 unspecified atom stereocenters. The highest BCUT2D eigenvalue weighted by atomic mass is 32.3. The van der Waals surface area contributed by atoms with Crippen molar-refractivity contribution in [3.63, 3.8) is 0 Å². The molecule has 0 spiro atoms. The van der Waals surface area contributed by atoms with Gasteiger partial charge >= 0.3 is 6.09 Å². The fourth-order valence-electron chi connectivity index (χ4n) is 6.15. The smallest absolute Gasteiger partial charge is 0.408 e. The SMILES string of the molecule is Cc1cn(COCCS(C)(C)C)c2ncnc(Oc3c(F)cc(C[C@H](NC(=O)OC(C)(C)C)C(=O)N4CCC(S(=O)(=O)c5ccccc5)CC4)cc3F)c12. The van der Waals surface area contributed by atoms with E-state index < -0.39 is 66.1 Å². The Balaban J connectivity index is 1.33. The maximum absolute atomic E-state index is 15.7. The van der Waals surface area contributed by atoms with E-state index in [4.69, 9.17) is 14.2 Å². The lowest BCUT2D eigenvalue weighted by Gasteiger charge is -2.34. The van der Waals surface area contributed by atoms with Crippen molar-refractivity contribution in [1.82, 2.24) is 24.8 Å². The number of aromatic nitrogens is 3. The highest BCUT2D eigenvalue weighted by Crippen LogP contribution is 2.35. The quantitative estimate of drug-likeness (QED) is 0.153. The summed E-state index contributed by atoms with van der Waals surface area (Å²) >= 11 is 0. The first kappa shape index (κ1) is 40.9. The Morgan fingerprint density at radius 3 is 2.28 bits per heavy atom. The molecule has 54 heavy (non-hydrogen) atoms. The van der Waals surface area contributed by atoms with Crippen LogP contribution in [0.25, 0.3) is 11.0 Å². The van der Waals surface area contributed by atoms with Crippen LogP contribution in [-0.2, 0) is 37.3 Å². The van der Waals surface area contributed by atoms with E-state index in [0.29, 0.717) is 17.6 Å². The van der Waals surface area contributed by atoms with E-state index >= 15 is 8.78 Å². The number of aryl methyl sites for hydroxylation is 1. The Kier molecular flexibility index (Phi) is 12.6. The molecule has 0 saturated carbocycles. The van der Waals surface area contributed by atoms with Gasteiger partial charge in [0.05, 0.1) is 22.1 Å². The van der Waals surface area contributed by atoms with E-state index in [2.05, 4.69) is 34.1 Å². The van der Waals surface area contributed by atoms with Crippen LogP contribution in [0, 0.1) is 18.6 Å². The van der Waals surface area contributed by atoms with E-state index in [1.165, 1.54) is 11.2 Å². The number of nitrogens with one attached hydrogen (secondary N) is 1. The summed E-state index contributed by atoms with van der Waals surface area (Å²) in [6.07, 6.45) is 8.87. The normalized spacial score (nSPS) is 15.2. The third kappa shape index (κ3) is 10.3. The molecule has 2 aromatic heterocycles. The van der Waals surface area contributed by atoms with Gasteiger partial charge in [0.25, 0.3) is 0 Å². The van der Waals surface area contributed by atoms with E-state index in [0.717, 1.165) is 23.4 Å². The van der Waals surface area contributed by atoms with Crippen molar-refractivity contribution in [3.05, 3.63) is 77.8 Å². The number of carbonyl (C=O) groups excluding carboxylic acids is 2. The van der Waals surface area contributed by atoms with Gasteiger partial charge in [0.1, 0.15) is 30.3 Å². The van der Waals surface area contributed by atoms with Gasteiger partial charge in [-0.3, -0.25) is 4.79 Å². The number of halogens is 2. The summed E-state index contributed by atoms with van der Waals surface area (Å²) in [6, 6.07) is 8.93. The van der Waals surface area contributed by atoms with Crippen molar-refractivity contribution in [1.29, 1.82) is 0 Å². The minimum atomic E-state index is -3.62. The molecule has 1 aliphatic heterocycles. The van der Waals surface area contributed by atoms with E-state index in [1.54, 1.807) is 55.7 Å². The third-order valence-electron chi connectivity index (χ3n) is 8.83. The summed E-state index contributed by atoms with van der Waals surface area (Å²) in [5.74, 6) is -2.42. The number of nitrogens with zero attached hydrogens (tertiary/aromatic N) is 4. The van der Waals surface area contributed by atoms with Crippen molar-refractivity contribution >= 4 is 42.9 Å². The summed E-state index contributed by atoms with van der Waals surface area (Å²) in [7, 11) is -4.34. The zero-order chi connectivity index (χ0) is 39.4. The molecule has 2 aromatic carbocycles. The lowest BCUT2D eigenvalue weighted by atomic mass is 10.0. The lowest BCUT2D eigenvalue weighted by Crippen LogP contribution is -2.53. The molecule has 2 amide bonds. The third-order valence-corrected chi connectivity index (χ3v) is 12.5. The maximum Gasteiger partial charge on any atom is 0.408 e. The predicted molar refractivity (Wildman–Crippen MR) is 205 cm³/mol. The molecular formula is C38H49F2N5O7S2. The van der Waals surface area contributed by atoms with E-state index in [1.807, 2.05) is 13.1 Å². The van der Waals surface area contributed by atoms with Gasteiger partial charge in [-0.25, -0.2) is 42.0 Å². The summed E-state index contributed by atoms with van der Waals surface area (Å²) in [5.41, 5.74) is 0.386. The molecule has 12 nitrogen and oxygen atoms in total. The second-order valence-electron chi connectivity index (χ2n) is 15.3. The van der Waals surface area contributed by atoms with Gasteiger partial charge in [-0.2, -0.15) is 0 Å².